The van der Waals surface area contributed by atoms with Gasteiger partial charge in [0.25, 0.3) is 5.91 Å². The van der Waals surface area contributed by atoms with E-state index in [1.54, 1.807) is 24.3 Å². The molecule has 1 heterocycles. The molecule has 6 heteroatoms. The monoisotopic (exact) mass is 261 g/mol. The predicted octanol–water partition coefficient (Wildman–Crippen LogP) is 1.82. The molecule has 2 rings (SSSR count). The highest BCUT2D eigenvalue weighted by Gasteiger charge is 2.06. The van der Waals surface area contributed by atoms with Gasteiger partial charge in [0.15, 0.2) is 6.61 Å². The zero-order valence-electron chi connectivity index (χ0n) is 9.97. The van der Waals surface area contributed by atoms with Crippen LogP contribution in [0.25, 0.3) is 0 Å². The zero-order valence-corrected chi connectivity index (χ0v) is 9.97. The summed E-state index contributed by atoms with van der Waals surface area (Å²) in [5, 5.41) is 2.48. The highest BCUT2D eigenvalue weighted by atomic mass is 19.1. The Kier molecular flexibility index (Phi) is 3.92. The number of amides is 1. The summed E-state index contributed by atoms with van der Waals surface area (Å²) in [6.07, 6.45) is 1.02. The van der Waals surface area contributed by atoms with Crippen molar-refractivity contribution in [1.82, 2.24) is 4.98 Å². The minimum atomic E-state index is -0.466. The molecule has 0 radical (unpaired) electrons. The molecule has 0 aliphatic heterocycles. The van der Waals surface area contributed by atoms with Crippen LogP contribution in [0.5, 0.6) is 5.75 Å². The van der Waals surface area contributed by atoms with Crippen molar-refractivity contribution in [2.45, 2.75) is 0 Å². The van der Waals surface area contributed by atoms with Crippen LogP contribution in [-0.4, -0.2) is 17.5 Å². The molecule has 0 bridgehead atoms. The lowest BCUT2D eigenvalue weighted by atomic mass is 10.3. The van der Waals surface area contributed by atoms with Crippen molar-refractivity contribution in [3.63, 3.8) is 0 Å². The summed E-state index contributed by atoms with van der Waals surface area (Å²) in [6, 6.07) is 9.44. The molecule has 3 N–H and O–H groups in total. The fraction of sp³-hybridized carbons (Fsp3) is 0.0769. The van der Waals surface area contributed by atoms with E-state index in [-0.39, 0.29) is 12.4 Å². The summed E-state index contributed by atoms with van der Waals surface area (Å²) in [4.78, 5) is 15.3. The van der Waals surface area contributed by atoms with Crippen LogP contribution in [0.1, 0.15) is 0 Å². The highest BCUT2D eigenvalue weighted by molar-refractivity contribution is 5.90. The molecule has 98 valence electrons. The first-order valence-corrected chi connectivity index (χ1v) is 5.54. The van der Waals surface area contributed by atoms with Gasteiger partial charge >= 0.3 is 0 Å². The van der Waals surface area contributed by atoms with E-state index < -0.39 is 11.7 Å². The normalized spacial score (nSPS) is 9.95. The fourth-order valence-electron chi connectivity index (χ4n) is 1.38. The first kappa shape index (κ1) is 12.8. The predicted molar refractivity (Wildman–Crippen MR) is 69.2 cm³/mol. The van der Waals surface area contributed by atoms with Gasteiger partial charge in [-0.3, -0.25) is 4.79 Å². The van der Waals surface area contributed by atoms with Crippen molar-refractivity contribution in [2.75, 3.05) is 17.7 Å². The van der Waals surface area contributed by atoms with E-state index in [0.717, 1.165) is 6.20 Å². The highest BCUT2D eigenvalue weighted by Crippen LogP contribution is 2.19. The second-order valence-electron chi connectivity index (χ2n) is 3.74. The van der Waals surface area contributed by atoms with Gasteiger partial charge in [-0.25, -0.2) is 9.37 Å². The Morgan fingerprint density at radius 2 is 2.11 bits per heavy atom. The number of pyridine rings is 1. The van der Waals surface area contributed by atoms with Gasteiger partial charge in [0.1, 0.15) is 17.4 Å². The number of halogens is 1. The number of aromatic nitrogens is 1. The number of hydrogen-bond donors (Lipinski definition) is 2. The number of rotatable bonds is 4. The molecule has 0 unspecified atom stereocenters. The molecular weight excluding hydrogens is 249 g/mol. The number of nitrogens with two attached hydrogens (primary N) is 1. The number of para-hydroxylation sites is 2. The van der Waals surface area contributed by atoms with Crippen molar-refractivity contribution in [1.29, 1.82) is 0 Å². The van der Waals surface area contributed by atoms with E-state index in [1.165, 1.54) is 12.1 Å². The van der Waals surface area contributed by atoms with Gasteiger partial charge in [-0.15, -0.1) is 0 Å². The van der Waals surface area contributed by atoms with Crippen molar-refractivity contribution in [3.8, 4) is 5.75 Å². The Balaban J connectivity index is 1.88. The second kappa shape index (κ2) is 5.81. The number of hydrogen-bond acceptors (Lipinski definition) is 4. The molecule has 19 heavy (non-hydrogen) atoms. The van der Waals surface area contributed by atoms with E-state index in [4.69, 9.17) is 10.5 Å². The standard InChI is InChI=1S/C13H12FN3O2/c14-9-5-6-12(16-7-9)17-13(18)8-19-11-4-2-1-3-10(11)15/h1-7H,8,15H2,(H,16,17,18). The van der Waals surface area contributed by atoms with Gasteiger partial charge in [0.05, 0.1) is 11.9 Å². The average Bonchev–Trinajstić information content (AvgIpc) is 2.40. The lowest BCUT2D eigenvalue weighted by Gasteiger charge is -2.08. The van der Waals surface area contributed by atoms with Crippen LogP contribution in [0.2, 0.25) is 0 Å². The molecule has 0 saturated heterocycles. The Bertz CT molecular complexity index is 572. The quantitative estimate of drug-likeness (QED) is 0.823. The maximum absolute atomic E-state index is 12.6. The molecule has 0 fully saturated rings. The van der Waals surface area contributed by atoms with Crippen LogP contribution in [-0.2, 0) is 4.79 Å². The molecule has 0 aliphatic carbocycles. The second-order valence-corrected chi connectivity index (χ2v) is 3.74. The summed E-state index contributed by atoms with van der Waals surface area (Å²) in [5.74, 6) is -0.172. The number of carbonyl (C=O) groups is 1. The van der Waals surface area contributed by atoms with Crippen molar-refractivity contribution in [2.24, 2.45) is 0 Å². The topological polar surface area (TPSA) is 77.2 Å². The number of nitrogens with one attached hydrogen (secondary N) is 1. The fourth-order valence-corrected chi connectivity index (χ4v) is 1.38. The molecule has 1 aromatic heterocycles. The number of nitrogen functional groups attached to an aromatic ring is 1. The maximum Gasteiger partial charge on any atom is 0.263 e. The van der Waals surface area contributed by atoms with Gasteiger partial charge in [-0.1, -0.05) is 12.1 Å². The van der Waals surface area contributed by atoms with Crippen LogP contribution in [0.3, 0.4) is 0 Å². The SMILES string of the molecule is Nc1ccccc1OCC(=O)Nc1ccc(F)cn1. The first-order chi connectivity index (χ1) is 9.15. The van der Waals surface area contributed by atoms with Gasteiger partial charge in [-0.2, -0.15) is 0 Å². The Labute approximate surface area is 109 Å². The summed E-state index contributed by atoms with van der Waals surface area (Å²) in [5.41, 5.74) is 6.12. The molecule has 1 aromatic carbocycles. The van der Waals surface area contributed by atoms with Crippen LogP contribution in [0.4, 0.5) is 15.9 Å². The van der Waals surface area contributed by atoms with E-state index in [0.29, 0.717) is 11.4 Å². The third-order valence-corrected chi connectivity index (χ3v) is 2.27. The molecule has 1 amide bonds. The van der Waals surface area contributed by atoms with E-state index in [2.05, 4.69) is 10.3 Å². The largest absolute Gasteiger partial charge is 0.482 e. The number of ether oxygens (including phenoxy) is 1. The number of benzene rings is 1. The molecule has 5 nitrogen and oxygen atoms in total. The molecule has 2 aromatic rings. The van der Waals surface area contributed by atoms with E-state index in [1.807, 2.05) is 0 Å². The van der Waals surface area contributed by atoms with Crippen LogP contribution in [0, 0.1) is 5.82 Å². The average molecular weight is 261 g/mol. The molecule has 0 spiro atoms. The number of anilines is 2. The van der Waals surface area contributed by atoms with Gasteiger partial charge in [0, 0.05) is 0 Å². The minimum Gasteiger partial charge on any atom is -0.482 e. The molecular formula is C13H12FN3O2. The molecule has 0 aliphatic rings. The third kappa shape index (κ3) is 3.67. The van der Waals surface area contributed by atoms with Crippen molar-refractivity contribution >= 4 is 17.4 Å². The lowest BCUT2D eigenvalue weighted by molar-refractivity contribution is -0.118. The van der Waals surface area contributed by atoms with Gasteiger partial charge in [0.2, 0.25) is 0 Å². The van der Waals surface area contributed by atoms with Crippen LogP contribution in [0.15, 0.2) is 42.6 Å². The van der Waals surface area contributed by atoms with Gasteiger partial charge < -0.3 is 15.8 Å². The summed E-state index contributed by atoms with van der Waals surface area (Å²) in [7, 11) is 0. The summed E-state index contributed by atoms with van der Waals surface area (Å²) >= 11 is 0. The van der Waals surface area contributed by atoms with Crippen molar-refractivity contribution < 1.29 is 13.9 Å². The lowest BCUT2D eigenvalue weighted by Crippen LogP contribution is -2.21. The van der Waals surface area contributed by atoms with Gasteiger partial charge in [-0.05, 0) is 24.3 Å². The third-order valence-electron chi connectivity index (χ3n) is 2.27. The van der Waals surface area contributed by atoms with E-state index >= 15 is 0 Å². The first-order valence-electron chi connectivity index (χ1n) is 5.54. The van der Waals surface area contributed by atoms with E-state index in [9.17, 15) is 9.18 Å². The smallest absolute Gasteiger partial charge is 0.263 e. The molecule has 0 atom stereocenters. The number of carbonyl (C=O) groups excluding carboxylic acids is 1. The summed E-state index contributed by atoms with van der Waals surface area (Å²) in [6.45, 7) is -0.201. The Morgan fingerprint density at radius 3 is 2.79 bits per heavy atom. The Morgan fingerprint density at radius 1 is 1.32 bits per heavy atom. The van der Waals surface area contributed by atoms with Crippen molar-refractivity contribution in [3.05, 3.63) is 48.4 Å². The minimum absolute atomic E-state index is 0.201. The zero-order chi connectivity index (χ0) is 13.7. The molecule has 0 saturated carbocycles. The Hall–Kier alpha value is -2.63. The number of nitrogens with zero attached hydrogens (tertiary/aromatic N) is 1. The van der Waals surface area contributed by atoms with Crippen LogP contribution < -0.4 is 15.8 Å². The maximum atomic E-state index is 12.6. The van der Waals surface area contributed by atoms with Crippen LogP contribution >= 0.6 is 0 Å². The summed E-state index contributed by atoms with van der Waals surface area (Å²) < 4.78 is 17.9.